The maximum Gasteiger partial charge on any atom is 0.132 e. The van der Waals surface area contributed by atoms with E-state index in [0.29, 0.717) is 5.56 Å². The van der Waals surface area contributed by atoms with Crippen LogP contribution in [0.1, 0.15) is 69.1 Å². The van der Waals surface area contributed by atoms with Gasteiger partial charge in [-0.3, -0.25) is 0 Å². The predicted molar refractivity (Wildman–Crippen MR) is 83.0 cm³/mol. The minimum atomic E-state index is -0.546. The van der Waals surface area contributed by atoms with Crippen LogP contribution in [0.4, 0.5) is 8.78 Å². The van der Waals surface area contributed by atoms with Gasteiger partial charge in [0, 0.05) is 18.2 Å². The van der Waals surface area contributed by atoms with E-state index in [2.05, 4.69) is 0 Å². The van der Waals surface area contributed by atoms with Gasteiger partial charge in [-0.2, -0.15) is 0 Å². The standard InChI is InChI=1S/C18H26F2O2/c1-18(2,3)16-14(10-21)17(20)13(9-15(16)19)11-5-7-12(22-4)8-6-11/h9,11-12,21H,5-8,10H2,1-4H3. The second-order valence-corrected chi connectivity index (χ2v) is 7.23. The lowest BCUT2D eigenvalue weighted by Gasteiger charge is -2.30. The van der Waals surface area contributed by atoms with Gasteiger partial charge in [-0.05, 0) is 48.6 Å². The molecule has 1 aromatic rings. The number of hydrogen-bond acceptors (Lipinski definition) is 2. The molecule has 22 heavy (non-hydrogen) atoms. The Kier molecular flexibility index (Phi) is 5.23. The molecule has 0 bridgehead atoms. The van der Waals surface area contributed by atoms with Crippen LogP contribution in [-0.4, -0.2) is 18.3 Å². The summed E-state index contributed by atoms with van der Waals surface area (Å²) in [5.74, 6) is -0.850. The fraction of sp³-hybridized carbons (Fsp3) is 0.667. The van der Waals surface area contributed by atoms with E-state index in [9.17, 15) is 13.9 Å². The molecule has 4 heteroatoms. The summed E-state index contributed by atoms with van der Waals surface area (Å²) < 4.78 is 34.7. The van der Waals surface area contributed by atoms with Crippen LogP contribution in [-0.2, 0) is 16.8 Å². The van der Waals surface area contributed by atoms with Gasteiger partial charge < -0.3 is 9.84 Å². The normalized spacial score (nSPS) is 22.9. The fourth-order valence-electron chi connectivity index (χ4n) is 3.57. The highest BCUT2D eigenvalue weighted by Crippen LogP contribution is 2.39. The lowest BCUT2D eigenvalue weighted by Crippen LogP contribution is -2.23. The number of halogens is 2. The highest BCUT2D eigenvalue weighted by molar-refractivity contribution is 5.40. The molecule has 1 aliphatic carbocycles. The molecule has 0 unspecified atom stereocenters. The molecule has 1 aliphatic rings. The van der Waals surface area contributed by atoms with Gasteiger partial charge in [0.05, 0.1) is 12.7 Å². The van der Waals surface area contributed by atoms with Crippen molar-refractivity contribution < 1.29 is 18.6 Å². The summed E-state index contributed by atoms with van der Waals surface area (Å²) in [5, 5.41) is 9.56. The SMILES string of the molecule is COC1CCC(c2cc(F)c(C(C)(C)C)c(CO)c2F)CC1. The van der Waals surface area contributed by atoms with Gasteiger partial charge in [0.15, 0.2) is 0 Å². The van der Waals surface area contributed by atoms with E-state index in [-0.39, 0.29) is 23.1 Å². The summed E-state index contributed by atoms with van der Waals surface area (Å²) in [7, 11) is 1.69. The molecule has 1 N–H and O–H groups in total. The van der Waals surface area contributed by atoms with Crippen LogP contribution in [0, 0.1) is 11.6 Å². The Bertz CT molecular complexity index is 527. The van der Waals surface area contributed by atoms with E-state index < -0.39 is 23.7 Å². The van der Waals surface area contributed by atoms with Gasteiger partial charge in [-0.15, -0.1) is 0 Å². The first-order chi connectivity index (χ1) is 10.3. The summed E-state index contributed by atoms with van der Waals surface area (Å²) >= 11 is 0. The van der Waals surface area contributed by atoms with E-state index >= 15 is 0 Å². The number of aliphatic hydroxyl groups is 1. The number of methoxy groups -OCH3 is 1. The summed E-state index contributed by atoms with van der Waals surface area (Å²) in [6.07, 6.45) is 3.51. The molecule has 124 valence electrons. The van der Waals surface area contributed by atoms with Gasteiger partial charge in [0.25, 0.3) is 0 Å². The molecule has 2 nitrogen and oxygen atoms in total. The molecule has 2 rings (SSSR count). The average Bonchev–Trinajstić information content (AvgIpc) is 2.47. The number of rotatable bonds is 3. The number of benzene rings is 1. The van der Waals surface area contributed by atoms with Gasteiger partial charge in [-0.25, -0.2) is 8.78 Å². The van der Waals surface area contributed by atoms with E-state index in [1.807, 2.05) is 20.8 Å². The van der Waals surface area contributed by atoms with Crippen LogP contribution >= 0.6 is 0 Å². The van der Waals surface area contributed by atoms with Crippen LogP contribution < -0.4 is 0 Å². The Hall–Kier alpha value is -1.00. The number of aliphatic hydroxyl groups excluding tert-OH is 1. The third-order valence-electron chi connectivity index (χ3n) is 4.70. The fourth-order valence-corrected chi connectivity index (χ4v) is 3.57. The van der Waals surface area contributed by atoms with Crippen molar-refractivity contribution in [2.45, 2.75) is 70.5 Å². The Morgan fingerprint density at radius 1 is 1.18 bits per heavy atom. The molecular formula is C18H26F2O2. The van der Waals surface area contributed by atoms with Crippen molar-refractivity contribution in [2.24, 2.45) is 0 Å². The smallest absolute Gasteiger partial charge is 0.132 e. The third-order valence-corrected chi connectivity index (χ3v) is 4.70. The zero-order valence-corrected chi connectivity index (χ0v) is 13.9. The molecule has 1 aromatic carbocycles. The van der Waals surface area contributed by atoms with Crippen LogP contribution in [0.25, 0.3) is 0 Å². The second kappa shape index (κ2) is 6.63. The molecule has 0 amide bonds. The minimum absolute atomic E-state index is 0.000202. The maximum absolute atomic E-state index is 14.8. The van der Waals surface area contributed by atoms with Crippen LogP contribution in [0.2, 0.25) is 0 Å². The average molecular weight is 312 g/mol. The molecule has 0 aliphatic heterocycles. The largest absolute Gasteiger partial charge is 0.392 e. The number of hydrogen-bond donors (Lipinski definition) is 1. The zero-order chi connectivity index (χ0) is 16.5. The first kappa shape index (κ1) is 17.4. The van der Waals surface area contributed by atoms with Crippen molar-refractivity contribution in [1.82, 2.24) is 0 Å². The van der Waals surface area contributed by atoms with E-state index in [1.165, 1.54) is 6.07 Å². The van der Waals surface area contributed by atoms with E-state index in [0.717, 1.165) is 25.7 Å². The van der Waals surface area contributed by atoms with Gasteiger partial charge in [-0.1, -0.05) is 20.8 Å². The lowest BCUT2D eigenvalue weighted by molar-refractivity contribution is 0.0654. The Morgan fingerprint density at radius 3 is 2.23 bits per heavy atom. The Labute approximate surface area is 131 Å². The van der Waals surface area contributed by atoms with Crippen LogP contribution in [0.3, 0.4) is 0 Å². The molecule has 0 saturated heterocycles. The Balaban J connectivity index is 2.41. The highest BCUT2D eigenvalue weighted by Gasteiger charge is 2.30. The molecular weight excluding hydrogens is 286 g/mol. The van der Waals surface area contributed by atoms with Crippen molar-refractivity contribution in [3.63, 3.8) is 0 Å². The molecule has 0 radical (unpaired) electrons. The second-order valence-electron chi connectivity index (χ2n) is 7.23. The highest BCUT2D eigenvalue weighted by atomic mass is 19.1. The van der Waals surface area contributed by atoms with Gasteiger partial charge in [0.1, 0.15) is 11.6 Å². The summed E-state index contributed by atoms with van der Waals surface area (Å²) in [4.78, 5) is 0. The monoisotopic (exact) mass is 312 g/mol. The van der Waals surface area contributed by atoms with E-state index in [4.69, 9.17) is 4.74 Å². The summed E-state index contributed by atoms with van der Waals surface area (Å²) in [6.45, 7) is 5.01. The molecule has 0 aromatic heterocycles. The minimum Gasteiger partial charge on any atom is -0.392 e. The van der Waals surface area contributed by atoms with Crippen molar-refractivity contribution in [3.8, 4) is 0 Å². The molecule has 1 fully saturated rings. The van der Waals surface area contributed by atoms with Crippen molar-refractivity contribution >= 4 is 0 Å². The van der Waals surface area contributed by atoms with E-state index in [1.54, 1.807) is 7.11 Å². The maximum atomic E-state index is 14.8. The molecule has 0 atom stereocenters. The zero-order valence-electron chi connectivity index (χ0n) is 13.9. The third kappa shape index (κ3) is 3.33. The first-order valence-corrected chi connectivity index (χ1v) is 7.94. The quantitative estimate of drug-likeness (QED) is 0.895. The molecule has 0 spiro atoms. The first-order valence-electron chi connectivity index (χ1n) is 7.94. The van der Waals surface area contributed by atoms with Crippen LogP contribution in [0.15, 0.2) is 6.07 Å². The topological polar surface area (TPSA) is 29.5 Å². The predicted octanol–water partition coefficient (Wildman–Crippen LogP) is 4.43. The van der Waals surface area contributed by atoms with Crippen molar-refractivity contribution in [1.29, 1.82) is 0 Å². The number of ether oxygens (including phenoxy) is 1. The lowest BCUT2D eigenvalue weighted by atomic mass is 9.78. The van der Waals surface area contributed by atoms with Crippen molar-refractivity contribution in [2.75, 3.05) is 7.11 Å². The molecule has 0 heterocycles. The van der Waals surface area contributed by atoms with Gasteiger partial charge >= 0.3 is 0 Å². The van der Waals surface area contributed by atoms with Crippen molar-refractivity contribution in [3.05, 3.63) is 34.4 Å². The Morgan fingerprint density at radius 2 is 1.77 bits per heavy atom. The van der Waals surface area contributed by atoms with Gasteiger partial charge in [0.2, 0.25) is 0 Å². The summed E-state index contributed by atoms with van der Waals surface area (Å²) in [6, 6.07) is 1.34. The molecule has 1 saturated carbocycles. The van der Waals surface area contributed by atoms with Crippen LogP contribution in [0.5, 0.6) is 0 Å². The summed E-state index contributed by atoms with van der Waals surface area (Å²) in [5.41, 5.74) is 0.247.